The highest BCUT2D eigenvalue weighted by Gasteiger charge is 2.17. The lowest BCUT2D eigenvalue weighted by atomic mass is 10.1. The van der Waals surface area contributed by atoms with Crippen molar-refractivity contribution in [1.29, 1.82) is 0 Å². The van der Waals surface area contributed by atoms with Crippen LogP contribution >= 0.6 is 0 Å². The largest absolute Gasteiger partial charge is 0.478 e. The summed E-state index contributed by atoms with van der Waals surface area (Å²) in [6.07, 6.45) is 0. The third-order valence-corrected chi connectivity index (χ3v) is 2.10. The maximum Gasteiger partial charge on any atom is 0.336 e. The maximum absolute atomic E-state index is 12.9. The molecule has 0 aliphatic rings. The van der Waals surface area contributed by atoms with Crippen molar-refractivity contribution in [1.82, 2.24) is 10.1 Å². The van der Waals surface area contributed by atoms with Gasteiger partial charge in [0.05, 0.1) is 12.1 Å². The van der Waals surface area contributed by atoms with Gasteiger partial charge in [-0.3, -0.25) is 0 Å². The normalized spacial score (nSPS) is 10.5. The zero-order valence-electron chi connectivity index (χ0n) is 8.55. The minimum Gasteiger partial charge on any atom is -0.478 e. The van der Waals surface area contributed by atoms with E-state index in [9.17, 15) is 9.18 Å². The molecule has 0 bridgehead atoms. The third kappa shape index (κ3) is 2.13. The van der Waals surface area contributed by atoms with E-state index in [0.717, 1.165) is 12.1 Å². The summed E-state index contributed by atoms with van der Waals surface area (Å²) in [5, 5.41) is 12.5. The van der Waals surface area contributed by atoms with Crippen LogP contribution in [0, 0.1) is 5.82 Å². The number of nitrogens with zero attached hydrogens (tertiary/aromatic N) is 2. The molecule has 1 aromatic carbocycles. The van der Waals surface area contributed by atoms with Gasteiger partial charge in [-0.1, -0.05) is 5.16 Å². The number of carboxylic acids is 1. The Labute approximate surface area is 94.9 Å². The van der Waals surface area contributed by atoms with E-state index in [2.05, 4.69) is 10.1 Å². The number of aromatic nitrogens is 2. The van der Waals surface area contributed by atoms with Gasteiger partial charge < -0.3 is 15.4 Å². The van der Waals surface area contributed by atoms with E-state index in [1.54, 1.807) is 0 Å². The summed E-state index contributed by atoms with van der Waals surface area (Å²) in [7, 11) is 0. The summed E-state index contributed by atoms with van der Waals surface area (Å²) in [5.41, 5.74) is 5.25. The molecule has 0 aliphatic heterocycles. The summed E-state index contributed by atoms with van der Waals surface area (Å²) in [4.78, 5) is 14.8. The second-order valence-corrected chi connectivity index (χ2v) is 3.21. The Kier molecular flexibility index (Phi) is 2.84. The smallest absolute Gasteiger partial charge is 0.336 e. The Morgan fingerprint density at radius 1 is 1.53 bits per heavy atom. The molecule has 0 amide bonds. The first-order valence-electron chi connectivity index (χ1n) is 4.67. The lowest BCUT2D eigenvalue weighted by Crippen LogP contribution is -2.01. The van der Waals surface area contributed by atoms with E-state index in [4.69, 9.17) is 15.4 Å². The maximum atomic E-state index is 12.9. The number of carbonyl (C=O) groups is 1. The lowest BCUT2D eigenvalue weighted by Gasteiger charge is -2.00. The fourth-order valence-corrected chi connectivity index (χ4v) is 1.34. The number of aromatic carboxylic acids is 1. The van der Waals surface area contributed by atoms with Gasteiger partial charge in [-0.2, -0.15) is 4.98 Å². The van der Waals surface area contributed by atoms with Gasteiger partial charge in [0.1, 0.15) is 5.82 Å². The Bertz CT molecular complexity index is 568. The zero-order valence-corrected chi connectivity index (χ0v) is 8.55. The van der Waals surface area contributed by atoms with Gasteiger partial charge in [0.25, 0.3) is 0 Å². The van der Waals surface area contributed by atoms with Gasteiger partial charge in [-0.15, -0.1) is 0 Å². The minimum absolute atomic E-state index is 0.0522. The molecule has 0 radical (unpaired) electrons. The second kappa shape index (κ2) is 4.30. The van der Waals surface area contributed by atoms with Crippen molar-refractivity contribution < 1.29 is 18.8 Å². The van der Waals surface area contributed by atoms with Crippen LogP contribution in [0.1, 0.15) is 16.2 Å². The summed E-state index contributed by atoms with van der Waals surface area (Å²) in [6.45, 7) is 0.0522. The van der Waals surface area contributed by atoms with Crippen LogP contribution in [0.5, 0.6) is 0 Å². The van der Waals surface area contributed by atoms with Crippen molar-refractivity contribution in [2.45, 2.75) is 6.54 Å². The first-order valence-corrected chi connectivity index (χ1v) is 4.67. The Balaban J connectivity index is 2.54. The molecule has 3 N–H and O–H groups in total. The highest BCUT2D eigenvalue weighted by molar-refractivity contribution is 5.94. The standard InChI is InChI=1S/C10H8FN3O3/c11-5-1-2-6(7(3-5)10(15)16)9-13-8(4-12)17-14-9/h1-3H,4,12H2,(H,15,16). The quantitative estimate of drug-likeness (QED) is 0.826. The van der Waals surface area contributed by atoms with Crippen LogP contribution in [0.3, 0.4) is 0 Å². The van der Waals surface area contributed by atoms with Crippen molar-refractivity contribution in [3.8, 4) is 11.4 Å². The lowest BCUT2D eigenvalue weighted by molar-refractivity contribution is 0.0697. The average molecular weight is 237 g/mol. The van der Waals surface area contributed by atoms with Crippen LogP contribution in [0.2, 0.25) is 0 Å². The molecular weight excluding hydrogens is 229 g/mol. The van der Waals surface area contributed by atoms with E-state index in [1.807, 2.05) is 0 Å². The third-order valence-electron chi connectivity index (χ3n) is 2.10. The molecule has 6 nitrogen and oxygen atoms in total. The van der Waals surface area contributed by atoms with Crippen LogP contribution in [0.4, 0.5) is 4.39 Å². The topological polar surface area (TPSA) is 102 Å². The molecule has 0 unspecified atom stereocenters. The second-order valence-electron chi connectivity index (χ2n) is 3.21. The van der Waals surface area contributed by atoms with E-state index >= 15 is 0 Å². The average Bonchev–Trinajstić information content (AvgIpc) is 2.77. The van der Waals surface area contributed by atoms with Crippen molar-refractivity contribution >= 4 is 5.97 Å². The van der Waals surface area contributed by atoms with Gasteiger partial charge in [0, 0.05) is 5.56 Å². The highest BCUT2D eigenvalue weighted by atomic mass is 19.1. The number of hydrogen-bond donors (Lipinski definition) is 2. The van der Waals surface area contributed by atoms with Crippen LogP contribution < -0.4 is 5.73 Å². The van der Waals surface area contributed by atoms with Gasteiger partial charge in [0.2, 0.25) is 11.7 Å². The molecule has 88 valence electrons. The fourth-order valence-electron chi connectivity index (χ4n) is 1.34. The number of rotatable bonds is 3. The number of benzene rings is 1. The van der Waals surface area contributed by atoms with Gasteiger partial charge >= 0.3 is 5.97 Å². The molecular formula is C10H8FN3O3. The SMILES string of the molecule is NCc1nc(-c2ccc(F)cc2C(=O)O)no1. The van der Waals surface area contributed by atoms with Crippen molar-refractivity contribution in [3.63, 3.8) is 0 Å². The highest BCUT2D eigenvalue weighted by Crippen LogP contribution is 2.22. The summed E-state index contributed by atoms with van der Waals surface area (Å²) >= 11 is 0. The number of hydrogen-bond acceptors (Lipinski definition) is 5. The molecule has 2 rings (SSSR count). The van der Waals surface area contributed by atoms with Crippen LogP contribution in [-0.2, 0) is 6.54 Å². The Morgan fingerprint density at radius 3 is 2.88 bits per heavy atom. The number of nitrogens with two attached hydrogens (primary N) is 1. The fraction of sp³-hybridized carbons (Fsp3) is 0.100. The molecule has 2 aromatic rings. The van der Waals surface area contributed by atoms with Crippen LogP contribution in [0.15, 0.2) is 22.7 Å². The molecule has 0 fully saturated rings. The minimum atomic E-state index is -1.27. The van der Waals surface area contributed by atoms with E-state index < -0.39 is 11.8 Å². The van der Waals surface area contributed by atoms with E-state index in [1.165, 1.54) is 6.07 Å². The summed E-state index contributed by atoms with van der Waals surface area (Å²) < 4.78 is 17.7. The van der Waals surface area contributed by atoms with Gasteiger partial charge in [0.15, 0.2) is 0 Å². The van der Waals surface area contributed by atoms with Crippen LogP contribution in [0.25, 0.3) is 11.4 Å². The van der Waals surface area contributed by atoms with Crippen molar-refractivity contribution in [3.05, 3.63) is 35.5 Å². The van der Waals surface area contributed by atoms with E-state index in [0.29, 0.717) is 0 Å². The van der Waals surface area contributed by atoms with Crippen LogP contribution in [-0.4, -0.2) is 21.2 Å². The molecule has 1 heterocycles. The first-order chi connectivity index (χ1) is 8.11. The molecule has 7 heteroatoms. The molecule has 0 saturated heterocycles. The summed E-state index contributed by atoms with van der Waals surface area (Å²) in [6, 6.07) is 3.31. The monoisotopic (exact) mass is 237 g/mol. The molecule has 1 aromatic heterocycles. The van der Waals surface area contributed by atoms with Crippen molar-refractivity contribution in [2.75, 3.05) is 0 Å². The molecule has 0 atom stereocenters. The molecule has 0 aliphatic carbocycles. The number of halogens is 1. The molecule has 17 heavy (non-hydrogen) atoms. The molecule has 0 spiro atoms. The Hall–Kier alpha value is -2.28. The Morgan fingerprint density at radius 2 is 2.29 bits per heavy atom. The predicted octanol–water partition coefficient (Wildman–Crippen LogP) is 1.03. The summed E-state index contributed by atoms with van der Waals surface area (Å²) in [5.74, 6) is -1.66. The first kappa shape index (κ1) is 11.2. The van der Waals surface area contributed by atoms with Gasteiger partial charge in [-0.25, -0.2) is 9.18 Å². The predicted molar refractivity (Wildman–Crippen MR) is 54.5 cm³/mol. The number of carboxylic acid groups (broad SMARTS) is 1. The van der Waals surface area contributed by atoms with Crippen molar-refractivity contribution in [2.24, 2.45) is 5.73 Å². The zero-order chi connectivity index (χ0) is 12.4. The molecule has 0 saturated carbocycles. The van der Waals surface area contributed by atoms with E-state index in [-0.39, 0.29) is 29.4 Å². The van der Waals surface area contributed by atoms with Gasteiger partial charge in [-0.05, 0) is 18.2 Å².